The topological polar surface area (TPSA) is 113 Å². The molecule has 7 nitrogen and oxygen atoms in total. The summed E-state index contributed by atoms with van der Waals surface area (Å²) in [6, 6.07) is 3.35. The number of nitrogens with zero attached hydrogens (tertiary/aromatic N) is 1. The third-order valence-corrected chi connectivity index (χ3v) is 3.96. The zero-order valence-corrected chi connectivity index (χ0v) is 11.6. The molecule has 0 amide bonds. The fourth-order valence-electron chi connectivity index (χ4n) is 2.61. The number of aromatic amines is 1. The van der Waals surface area contributed by atoms with Crippen LogP contribution in [0.4, 0.5) is 11.4 Å². The molecule has 2 heterocycles. The quantitative estimate of drug-likeness (QED) is 0.611. The Morgan fingerprint density at radius 2 is 2.19 bits per heavy atom. The molecule has 0 unspecified atom stereocenters. The first-order valence-electron chi connectivity index (χ1n) is 6.87. The van der Waals surface area contributed by atoms with E-state index in [-0.39, 0.29) is 12.2 Å². The van der Waals surface area contributed by atoms with Gasteiger partial charge in [0.25, 0.3) is 5.56 Å². The lowest BCUT2D eigenvalue weighted by Gasteiger charge is -2.37. The van der Waals surface area contributed by atoms with Crippen LogP contribution in [0, 0.1) is 0 Å². The van der Waals surface area contributed by atoms with Gasteiger partial charge in [0.05, 0.1) is 40.8 Å². The summed E-state index contributed by atoms with van der Waals surface area (Å²) in [6.07, 6.45) is 2.76. The van der Waals surface area contributed by atoms with Gasteiger partial charge in [-0.25, -0.2) is 4.98 Å². The molecule has 1 aliphatic rings. The van der Waals surface area contributed by atoms with E-state index in [1.807, 2.05) is 0 Å². The van der Waals surface area contributed by atoms with Crippen LogP contribution in [-0.2, 0) is 4.74 Å². The molecular formula is C14H18N4O3. The lowest BCUT2D eigenvalue weighted by atomic mass is 9.90. The van der Waals surface area contributed by atoms with Gasteiger partial charge in [-0.15, -0.1) is 0 Å². The SMILES string of the molecule is Nc1cc2c(=O)[nH]cnc2cc1NC1(CO)CCOCC1. The third-order valence-electron chi connectivity index (χ3n) is 3.96. The Kier molecular flexibility index (Phi) is 3.52. The predicted octanol–water partition coefficient (Wildman–Crippen LogP) is 0.459. The van der Waals surface area contributed by atoms with Crippen LogP contribution in [0.1, 0.15) is 12.8 Å². The second-order valence-corrected chi connectivity index (χ2v) is 5.36. The summed E-state index contributed by atoms with van der Waals surface area (Å²) in [5.41, 5.74) is 7.07. The predicted molar refractivity (Wildman–Crippen MR) is 80.3 cm³/mol. The van der Waals surface area contributed by atoms with Crippen LogP contribution in [-0.4, -0.2) is 40.4 Å². The molecule has 0 radical (unpaired) electrons. The highest BCUT2D eigenvalue weighted by molar-refractivity contribution is 5.88. The van der Waals surface area contributed by atoms with Gasteiger partial charge in [0.15, 0.2) is 0 Å². The van der Waals surface area contributed by atoms with Crippen molar-refractivity contribution in [1.29, 1.82) is 0 Å². The summed E-state index contributed by atoms with van der Waals surface area (Å²) >= 11 is 0. The van der Waals surface area contributed by atoms with Gasteiger partial charge < -0.3 is 25.9 Å². The lowest BCUT2D eigenvalue weighted by Crippen LogP contribution is -2.47. The zero-order chi connectivity index (χ0) is 14.9. The second-order valence-electron chi connectivity index (χ2n) is 5.36. The molecule has 1 aromatic carbocycles. The van der Waals surface area contributed by atoms with Crippen molar-refractivity contribution in [3.8, 4) is 0 Å². The number of aliphatic hydroxyl groups is 1. The van der Waals surface area contributed by atoms with E-state index >= 15 is 0 Å². The van der Waals surface area contributed by atoms with Crippen molar-refractivity contribution in [2.75, 3.05) is 30.9 Å². The summed E-state index contributed by atoms with van der Waals surface area (Å²) in [5.74, 6) is 0. The van der Waals surface area contributed by atoms with Gasteiger partial charge in [-0.1, -0.05) is 0 Å². The largest absolute Gasteiger partial charge is 0.397 e. The Balaban J connectivity index is 2.00. The average Bonchev–Trinajstić information content (AvgIpc) is 2.50. The van der Waals surface area contributed by atoms with Crippen LogP contribution in [0.25, 0.3) is 10.9 Å². The van der Waals surface area contributed by atoms with E-state index in [4.69, 9.17) is 10.5 Å². The number of rotatable bonds is 3. The maximum Gasteiger partial charge on any atom is 0.258 e. The Hall–Kier alpha value is -2.12. The van der Waals surface area contributed by atoms with Crippen LogP contribution in [0.5, 0.6) is 0 Å². The standard InChI is InChI=1S/C14H18N4O3/c15-10-5-9-11(16-8-17-13(9)20)6-12(10)18-14(7-19)1-3-21-4-2-14/h5-6,8,18-19H,1-4,7,15H2,(H,16,17,20). The molecule has 21 heavy (non-hydrogen) atoms. The molecule has 7 heteroatoms. The number of ether oxygens (including phenoxy) is 1. The minimum absolute atomic E-state index is 0.00333. The molecule has 1 aromatic heterocycles. The van der Waals surface area contributed by atoms with Crippen molar-refractivity contribution in [2.24, 2.45) is 0 Å². The zero-order valence-electron chi connectivity index (χ0n) is 11.6. The van der Waals surface area contributed by atoms with Crippen LogP contribution >= 0.6 is 0 Å². The molecule has 0 bridgehead atoms. The number of benzene rings is 1. The number of H-pyrrole nitrogens is 1. The number of aliphatic hydroxyl groups excluding tert-OH is 1. The number of nitrogens with one attached hydrogen (secondary N) is 2. The molecule has 0 aliphatic carbocycles. The summed E-state index contributed by atoms with van der Waals surface area (Å²) in [7, 11) is 0. The number of nitrogens with two attached hydrogens (primary N) is 1. The highest BCUT2D eigenvalue weighted by Crippen LogP contribution is 2.30. The van der Waals surface area contributed by atoms with Crippen LogP contribution in [0.15, 0.2) is 23.3 Å². The van der Waals surface area contributed by atoms with Crippen molar-refractivity contribution < 1.29 is 9.84 Å². The molecule has 1 saturated heterocycles. The number of nitrogen functional groups attached to an aromatic ring is 1. The molecule has 112 valence electrons. The second kappa shape index (κ2) is 5.34. The van der Waals surface area contributed by atoms with E-state index in [1.54, 1.807) is 12.1 Å². The Bertz CT molecular complexity index is 707. The van der Waals surface area contributed by atoms with E-state index < -0.39 is 5.54 Å². The smallest absolute Gasteiger partial charge is 0.258 e. The fourth-order valence-corrected chi connectivity index (χ4v) is 2.61. The first-order valence-corrected chi connectivity index (χ1v) is 6.87. The van der Waals surface area contributed by atoms with Crippen molar-refractivity contribution >= 4 is 22.3 Å². The number of fused-ring (bicyclic) bond motifs is 1. The summed E-state index contributed by atoms with van der Waals surface area (Å²) in [6.45, 7) is 1.19. The Labute approximate surface area is 121 Å². The number of aromatic nitrogens is 2. The van der Waals surface area contributed by atoms with Crippen LogP contribution in [0.3, 0.4) is 0 Å². The Morgan fingerprint density at radius 1 is 1.43 bits per heavy atom. The van der Waals surface area contributed by atoms with Gasteiger partial charge in [-0.05, 0) is 25.0 Å². The molecule has 1 aliphatic heterocycles. The van der Waals surface area contributed by atoms with E-state index in [2.05, 4.69) is 15.3 Å². The Morgan fingerprint density at radius 3 is 2.90 bits per heavy atom. The van der Waals surface area contributed by atoms with Crippen LogP contribution < -0.4 is 16.6 Å². The van der Waals surface area contributed by atoms with Crippen molar-refractivity contribution in [3.63, 3.8) is 0 Å². The van der Waals surface area contributed by atoms with Crippen molar-refractivity contribution in [2.45, 2.75) is 18.4 Å². The van der Waals surface area contributed by atoms with Crippen molar-refractivity contribution in [3.05, 3.63) is 28.8 Å². The molecular weight excluding hydrogens is 272 g/mol. The van der Waals surface area contributed by atoms with Gasteiger partial charge in [0.2, 0.25) is 0 Å². The first kappa shape index (κ1) is 13.8. The monoisotopic (exact) mass is 290 g/mol. The number of anilines is 2. The summed E-state index contributed by atoms with van der Waals surface area (Å²) in [5, 5.41) is 13.5. The maximum absolute atomic E-state index is 11.7. The molecule has 0 spiro atoms. The number of hydrogen-bond acceptors (Lipinski definition) is 6. The number of hydrogen-bond donors (Lipinski definition) is 4. The molecule has 0 atom stereocenters. The molecule has 3 rings (SSSR count). The maximum atomic E-state index is 11.7. The van der Waals surface area contributed by atoms with Gasteiger partial charge in [0, 0.05) is 13.2 Å². The van der Waals surface area contributed by atoms with Gasteiger partial charge >= 0.3 is 0 Å². The lowest BCUT2D eigenvalue weighted by molar-refractivity contribution is 0.0380. The minimum Gasteiger partial charge on any atom is -0.397 e. The van der Waals surface area contributed by atoms with E-state index in [0.717, 1.165) is 0 Å². The fraction of sp³-hybridized carbons (Fsp3) is 0.429. The highest BCUT2D eigenvalue weighted by Gasteiger charge is 2.32. The van der Waals surface area contributed by atoms with Gasteiger partial charge in [0.1, 0.15) is 0 Å². The third kappa shape index (κ3) is 2.57. The van der Waals surface area contributed by atoms with E-state index in [1.165, 1.54) is 6.33 Å². The average molecular weight is 290 g/mol. The molecule has 2 aromatic rings. The first-order chi connectivity index (χ1) is 10.1. The minimum atomic E-state index is -0.443. The highest BCUT2D eigenvalue weighted by atomic mass is 16.5. The van der Waals surface area contributed by atoms with Crippen molar-refractivity contribution in [1.82, 2.24) is 9.97 Å². The van der Waals surface area contributed by atoms with Crippen LogP contribution in [0.2, 0.25) is 0 Å². The van der Waals surface area contributed by atoms with E-state index in [0.29, 0.717) is 48.3 Å². The van der Waals surface area contributed by atoms with E-state index in [9.17, 15) is 9.90 Å². The normalized spacial score (nSPS) is 17.8. The molecule has 5 N–H and O–H groups in total. The summed E-state index contributed by atoms with van der Waals surface area (Å²) in [4.78, 5) is 18.4. The van der Waals surface area contributed by atoms with Gasteiger partial charge in [-0.2, -0.15) is 0 Å². The molecule has 0 saturated carbocycles. The molecule has 1 fully saturated rings. The summed E-state index contributed by atoms with van der Waals surface area (Å²) < 4.78 is 5.34. The van der Waals surface area contributed by atoms with Gasteiger partial charge in [-0.3, -0.25) is 4.79 Å².